The van der Waals surface area contributed by atoms with Crippen molar-refractivity contribution in [3.8, 4) is 28.2 Å². The highest BCUT2D eigenvalue weighted by atomic mass is 19.1. The molecule has 4 rings (SSSR count). The molecule has 0 aliphatic heterocycles. The molecule has 0 saturated carbocycles. The van der Waals surface area contributed by atoms with Gasteiger partial charge < -0.3 is 0 Å². The summed E-state index contributed by atoms with van der Waals surface area (Å²) >= 11 is 0. The maximum Gasteiger partial charge on any atom is 0.123 e. The number of hydrogen-bond acceptors (Lipinski definition) is 1. The lowest BCUT2D eigenvalue weighted by Gasteiger charge is -2.09. The summed E-state index contributed by atoms with van der Waals surface area (Å²) in [6.45, 7) is 6.24. The lowest BCUT2D eigenvalue weighted by atomic mass is 10.0. The molecule has 0 N–H and O–H groups in total. The number of nitrogens with zero attached hydrogens (tertiary/aromatic N) is 2. The van der Waals surface area contributed by atoms with Crippen LogP contribution in [-0.4, -0.2) is 9.78 Å². The van der Waals surface area contributed by atoms with Gasteiger partial charge in [0.15, 0.2) is 0 Å². The van der Waals surface area contributed by atoms with E-state index in [1.54, 1.807) is 12.1 Å². The third kappa shape index (κ3) is 3.28. The highest BCUT2D eigenvalue weighted by molar-refractivity contribution is 5.75. The quantitative estimate of drug-likeness (QED) is 0.423. The molecule has 3 aromatic carbocycles. The van der Waals surface area contributed by atoms with E-state index in [0.717, 1.165) is 33.8 Å². The van der Waals surface area contributed by atoms with Crippen LogP contribution >= 0.6 is 0 Å². The van der Waals surface area contributed by atoms with Crippen LogP contribution in [0.25, 0.3) is 28.2 Å². The van der Waals surface area contributed by atoms with Crippen molar-refractivity contribution in [2.24, 2.45) is 0 Å². The summed E-state index contributed by atoms with van der Waals surface area (Å²) in [7, 11) is 0. The number of aromatic nitrogens is 2. The molecule has 2 nitrogen and oxygen atoms in total. The van der Waals surface area contributed by atoms with Crippen LogP contribution in [-0.2, 0) is 0 Å². The lowest BCUT2D eigenvalue weighted by Crippen LogP contribution is -1.99. The molecule has 4 aromatic rings. The van der Waals surface area contributed by atoms with Crippen molar-refractivity contribution in [2.75, 3.05) is 0 Å². The Morgan fingerprint density at radius 3 is 1.74 bits per heavy atom. The van der Waals surface area contributed by atoms with Gasteiger partial charge in [0.1, 0.15) is 5.82 Å². The molecule has 0 bridgehead atoms. The second-order valence-corrected chi connectivity index (χ2v) is 6.94. The standard InChI is InChI=1S/C24H21FN2/c1-16-4-8-19(9-5-16)23-18(3)24(20-10-6-17(2)7-11-20)27(26-23)22-14-12-21(25)13-15-22/h4-15H,1-3H3. The van der Waals surface area contributed by atoms with Gasteiger partial charge >= 0.3 is 0 Å². The predicted octanol–water partition coefficient (Wildman–Crippen LogP) is 6.27. The van der Waals surface area contributed by atoms with Crippen molar-refractivity contribution < 1.29 is 4.39 Å². The van der Waals surface area contributed by atoms with Crippen LogP contribution in [0.15, 0.2) is 72.8 Å². The second-order valence-electron chi connectivity index (χ2n) is 6.94. The minimum atomic E-state index is -0.252. The van der Waals surface area contributed by atoms with E-state index in [1.165, 1.54) is 23.3 Å². The predicted molar refractivity (Wildman–Crippen MR) is 109 cm³/mol. The van der Waals surface area contributed by atoms with Gasteiger partial charge in [0.25, 0.3) is 0 Å². The molecule has 0 unspecified atom stereocenters. The summed E-state index contributed by atoms with van der Waals surface area (Å²) in [5.74, 6) is -0.252. The molecule has 1 heterocycles. The van der Waals surface area contributed by atoms with Crippen LogP contribution < -0.4 is 0 Å². The van der Waals surface area contributed by atoms with Crippen molar-refractivity contribution in [1.82, 2.24) is 9.78 Å². The van der Waals surface area contributed by atoms with E-state index < -0.39 is 0 Å². The fourth-order valence-electron chi connectivity index (χ4n) is 3.30. The molecule has 0 aliphatic rings. The van der Waals surface area contributed by atoms with Crippen LogP contribution in [0, 0.1) is 26.6 Å². The average Bonchev–Trinajstić information content (AvgIpc) is 3.01. The van der Waals surface area contributed by atoms with Crippen molar-refractivity contribution in [3.63, 3.8) is 0 Å². The third-order valence-corrected chi connectivity index (χ3v) is 4.84. The maximum atomic E-state index is 13.4. The van der Waals surface area contributed by atoms with Crippen molar-refractivity contribution in [3.05, 3.63) is 95.3 Å². The molecule has 0 amide bonds. The topological polar surface area (TPSA) is 17.8 Å². The van der Waals surface area contributed by atoms with Gasteiger partial charge in [-0.25, -0.2) is 9.07 Å². The summed E-state index contributed by atoms with van der Waals surface area (Å²) in [5, 5.41) is 4.90. The first-order valence-corrected chi connectivity index (χ1v) is 9.02. The summed E-state index contributed by atoms with van der Waals surface area (Å²) in [4.78, 5) is 0. The molecule has 27 heavy (non-hydrogen) atoms. The van der Waals surface area contributed by atoms with E-state index in [9.17, 15) is 4.39 Å². The third-order valence-electron chi connectivity index (χ3n) is 4.84. The molecule has 0 radical (unpaired) electrons. The zero-order valence-corrected chi connectivity index (χ0v) is 15.7. The molecule has 1 aromatic heterocycles. The van der Waals surface area contributed by atoms with E-state index in [4.69, 9.17) is 5.10 Å². The molecule has 134 valence electrons. The molecule has 0 fully saturated rings. The van der Waals surface area contributed by atoms with Gasteiger partial charge in [0.2, 0.25) is 0 Å². The maximum absolute atomic E-state index is 13.4. The highest BCUT2D eigenvalue weighted by Crippen LogP contribution is 2.34. The Balaban J connectivity index is 1.95. The zero-order valence-electron chi connectivity index (χ0n) is 15.7. The van der Waals surface area contributed by atoms with Crippen molar-refractivity contribution >= 4 is 0 Å². The van der Waals surface area contributed by atoms with E-state index in [-0.39, 0.29) is 5.82 Å². The summed E-state index contributed by atoms with van der Waals surface area (Å²) in [6.07, 6.45) is 0. The van der Waals surface area contributed by atoms with Gasteiger partial charge in [-0.3, -0.25) is 0 Å². The fourth-order valence-corrected chi connectivity index (χ4v) is 3.30. The van der Waals surface area contributed by atoms with Crippen LogP contribution in [0.4, 0.5) is 4.39 Å². The van der Waals surface area contributed by atoms with Gasteiger partial charge in [-0.05, 0) is 45.0 Å². The van der Waals surface area contributed by atoms with Gasteiger partial charge in [0, 0.05) is 16.7 Å². The number of benzene rings is 3. The SMILES string of the molecule is Cc1ccc(-c2nn(-c3ccc(F)cc3)c(-c3ccc(C)cc3)c2C)cc1. The van der Waals surface area contributed by atoms with Crippen molar-refractivity contribution in [1.29, 1.82) is 0 Å². The molecular weight excluding hydrogens is 335 g/mol. The Morgan fingerprint density at radius 1 is 0.667 bits per heavy atom. The number of rotatable bonds is 3. The Morgan fingerprint density at radius 2 is 1.19 bits per heavy atom. The lowest BCUT2D eigenvalue weighted by molar-refractivity contribution is 0.627. The summed E-state index contributed by atoms with van der Waals surface area (Å²) in [5.41, 5.74) is 8.50. The van der Waals surface area contributed by atoms with E-state index in [1.807, 2.05) is 4.68 Å². The summed E-state index contributed by atoms with van der Waals surface area (Å²) in [6, 6.07) is 23.3. The first-order valence-electron chi connectivity index (χ1n) is 9.02. The number of halogens is 1. The Kier molecular flexibility index (Phi) is 4.36. The van der Waals surface area contributed by atoms with E-state index in [0.29, 0.717) is 0 Å². The normalized spacial score (nSPS) is 11.0. The Hall–Kier alpha value is -3.20. The van der Waals surface area contributed by atoms with Gasteiger partial charge in [0.05, 0.1) is 17.1 Å². The molecule has 0 saturated heterocycles. The smallest absolute Gasteiger partial charge is 0.123 e. The zero-order chi connectivity index (χ0) is 19.0. The van der Waals surface area contributed by atoms with Crippen molar-refractivity contribution in [2.45, 2.75) is 20.8 Å². The van der Waals surface area contributed by atoms with Crippen LogP contribution in [0.5, 0.6) is 0 Å². The fraction of sp³-hybridized carbons (Fsp3) is 0.125. The number of hydrogen-bond donors (Lipinski definition) is 0. The van der Waals surface area contributed by atoms with E-state index >= 15 is 0 Å². The minimum absolute atomic E-state index is 0.252. The van der Waals surface area contributed by atoms with E-state index in [2.05, 4.69) is 69.3 Å². The first kappa shape index (κ1) is 17.2. The monoisotopic (exact) mass is 356 g/mol. The van der Waals surface area contributed by atoms with Gasteiger partial charge in [-0.1, -0.05) is 59.7 Å². The molecule has 0 spiro atoms. The Labute approximate surface area is 158 Å². The van der Waals surface area contributed by atoms with Crippen LogP contribution in [0.1, 0.15) is 16.7 Å². The average molecular weight is 356 g/mol. The minimum Gasteiger partial charge on any atom is -0.232 e. The number of aryl methyl sites for hydroxylation is 2. The molecule has 3 heteroatoms. The Bertz CT molecular complexity index is 1070. The van der Waals surface area contributed by atoms with Gasteiger partial charge in [-0.15, -0.1) is 0 Å². The molecule has 0 atom stereocenters. The molecule has 0 aliphatic carbocycles. The summed E-state index contributed by atoms with van der Waals surface area (Å²) < 4.78 is 15.3. The highest BCUT2D eigenvalue weighted by Gasteiger charge is 2.18. The largest absolute Gasteiger partial charge is 0.232 e. The van der Waals surface area contributed by atoms with Gasteiger partial charge in [-0.2, -0.15) is 5.10 Å². The first-order chi connectivity index (χ1) is 13.0. The van der Waals surface area contributed by atoms with Crippen LogP contribution in [0.3, 0.4) is 0 Å². The molecular formula is C24H21FN2. The second kappa shape index (κ2) is 6.84. The van der Waals surface area contributed by atoms with Crippen LogP contribution in [0.2, 0.25) is 0 Å².